The van der Waals surface area contributed by atoms with E-state index in [2.05, 4.69) is 6.58 Å². The average Bonchev–Trinajstić information content (AvgIpc) is 1.94. The lowest BCUT2D eigenvalue weighted by atomic mass is 10.1. The zero-order valence-electron chi connectivity index (χ0n) is 6.97. The van der Waals surface area contributed by atoms with Gasteiger partial charge in [-0.25, -0.2) is 0 Å². The van der Waals surface area contributed by atoms with Crippen LogP contribution in [0.15, 0.2) is 30.4 Å². The molecule has 0 aliphatic heterocycles. The maximum atomic E-state index is 9.06. The first kappa shape index (κ1) is 9.14. The summed E-state index contributed by atoms with van der Waals surface area (Å²) in [6.07, 6.45) is 0.763. The van der Waals surface area contributed by atoms with Crippen molar-refractivity contribution in [1.29, 1.82) is 0 Å². The van der Waals surface area contributed by atoms with Gasteiger partial charge in [0.15, 0.2) is 0 Å². The molecule has 0 aliphatic rings. The summed E-state index contributed by atoms with van der Waals surface area (Å²) >= 11 is 5.87. The van der Waals surface area contributed by atoms with Crippen molar-refractivity contribution in [2.75, 3.05) is 0 Å². The van der Waals surface area contributed by atoms with E-state index in [0.717, 1.165) is 17.6 Å². The Labute approximate surface area is 77.3 Å². The van der Waals surface area contributed by atoms with Gasteiger partial charge < -0.3 is 5.11 Å². The Morgan fingerprint density at radius 2 is 2.25 bits per heavy atom. The molecule has 0 bridgehead atoms. The molecule has 1 nitrogen and oxygen atoms in total. The Morgan fingerprint density at radius 1 is 1.58 bits per heavy atom. The molecule has 0 spiro atoms. The number of aromatic hydroxyl groups is 1. The quantitative estimate of drug-likeness (QED) is 0.697. The first-order valence-corrected chi connectivity index (χ1v) is 4.09. The number of halogens is 1. The van der Waals surface area contributed by atoms with Crippen LogP contribution in [0.3, 0.4) is 0 Å². The predicted octanol–water partition coefficient (Wildman–Crippen LogP) is 3.16. The van der Waals surface area contributed by atoms with Crippen molar-refractivity contribution < 1.29 is 5.11 Å². The summed E-state index contributed by atoms with van der Waals surface area (Å²) in [5.74, 6) is 0.200. The SMILES string of the molecule is C=C(C)Cc1ccc(O)cc1Cl. The highest BCUT2D eigenvalue weighted by molar-refractivity contribution is 6.31. The highest BCUT2D eigenvalue weighted by Crippen LogP contribution is 2.23. The minimum absolute atomic E-state index is 0.200. The molecule has 0 aliphatic carbocycles. The number of hydrogen-bond acceptors (Lipinski definition) is 1. The molecule has 0 saturated heterocycles. The molecule has 2 heteroatoms. The average molecular weight is 183 g/mol. The summed E-state index contributed by atoms with van der Waals surface area (Å²) in [6, 6.07) is 4.98. The fourth-order valence-corrected chi connectivity index (χ4v) is 1.25. The molecule has 64 valence electrons. The number of phenolic OH excluding ortho intramolecular Hbond substituents is 1. The summed E-state index contributed by atoms with van der Waals surface area (Å²) < 4.78 is 0. The normalized spacial score (nSPS) is 9.83. The van der Waals surface area contributed by atoms with Crippen LogP contribution in [0.5, 0.6) is 5.75 Å². The molecule has 1 rings (SSSR count). The van der Waals surface area contributed by atoms with Gasteiger partial charge >= 0.3 is 0 Å². The zero-order chi connectivity index (χ0) is 9.14. The van der Waals surface area contributed by atoms with Crippen LogP contribution in [0.1, 0.15) is 12.5 Å². The van der Waals surface area contributed by atoms with Crippen LogP contribution < -0.4 is 0 Å². The number of rotatable bonds is 2. The van der Waals surface area contributed by atoms with E-state index >= 15 is 0 Å². The first-order chi connectivity index (χ1) is 5.59. The van der Waals surface area contributed by atoms with Crippen LogP contribution in [0.4, 0.5) is 0 Å². The van der Waals surface area contributed by atoms with Crippen LogP contribution in [0.25, 0.3) is 0 Å². The predicted molar refractivity (Wildman–Crippen MR) is 51.6 cm³/mol. The molecule has 0 aromatic heterocycles. The van der Waals surface area contributed by atoms with Crippen molar-refractivity contribution in [3.05, 3.63) is 40.9 Å². The van der Waals surface area contributed by atoms with Crippen molar-refractivity contribution in [2.24, 2.45) is 0 Å². The zero-order valence-corrected chi connectivity index (χ0v) is 7.73. The minimum atomic E-state index is 0.200. The Balaban J connectivity index is 2.93. The lowest BCUT2D eigenvalue weighted by Crippen LogP contribution is -1.86. The highest BCUT2D eigenvalue weighted by Gasteiger charge is 2.00. The molecule has 0 saturated carbocycles. The third-order valence-corrected chi connectivity index (χ3v) is 1.88. The lowest BCUT2D eigenvalue weighted by Gasteiger charge is -2.03. The van der Waals surface area contributed by atoms with Gasteiger partial charge in [-0.05, 0) is 31.0 Å². The molecule has 0 amide bonds. The number of hydrogen-bond donors (Lipinski definition) is 1. The van der Waals surface area contributed by atoms with E-state index in [0.29, 0.717) is 5.02 Å². The molecule has 0 unspecified atom stereocenters. The van der Waals surface area contributed by atoms with Gasteiger partial charge in [0, 0.05) is 5.02 Å². The number of phenols is 1. The molecule has 1 N–H and O–H groups in total. The van der Waals surface area contributed by atoms with Gasteiger partial charge in [-0.15, -0.1) is 0 Å². The van der Waals surface area contributed by atoms with E-state index < -0.39 is 0 Å². The molecule has 1 aromatic rings. The van der Waals surface area contributed by atoms with Gasteiger partial charge in [0.05, 0.1) is 0 Å². The summed E-state index contributed by atoms with van der Waals surface area (Å²) in [5, 5.41) is 9.66. The van der Waals surface area contributed by atoms with Crippen LogP contribution in [0, 0.1) is 0 Å². The van der Waals surface area contributed by atoms with Crippen molar-refractivity contribution in [3.8, 4) is 5.75 Å². The monoisotopic (exact) mass is 182 g/mol. The van der Waals surface area contributed by atoms with Crippen molar-refractivity contribution in [2.45, 2.75) is 13.3 Å². The van der Waals surface area contributed by atoms with Crippen molar-refractivity contribution in [1.82, 2.24) is 0 Å². The molecule has 0 radical (unpaired) electrons. The van der Waals surface area contributed by atoms with Gasteiger partial charge in [0.1, 0.15) is 5.75 Å². The first-order valence-electron chi connectivity index (χ1n) is 3.71. The molecule has 12 heavy (non-hydrogen) atoms. The van der Waals surface area contributed by atoms with E-state index in [4.69, 9.17) is 16.7 Å². The minimum Gasteiger partial charge on any atom is -0.508 e. The maximum absolute atomic E-state index is 9.06. The largest absolute Gasteiger partial charge is 0.508 e. The van der Waals surface area contributed by atoms with E-state index in [1.165, 1.54) is 0 Å². The summed E-state index contributed by atoms with van der Waals surface area (Å²) in [6.45, 7) is 5.74. The van der Waals surface area contributed by atoms with Gasteiger partial charge in [-0.3, -0.25) is 0 Å². The lowest BCUT2D eigenvalue weighted by molar-refractivity contribution is 0.475. The second kappa shape index (κ2) is 3.63. The number of allylic oxidation sites excluding steroid dienone is 1. The maximum Gasteiger partial charge on any atom is 0.117 e. The van der Waals surface area contributed by atoms with Crippen LogP contribution in [-0.2, 0) is 6.42 Å². The molecular formula is C10H11ClO. The van der Waals surface area contributed by atoms with Crippen LogP contribution >= 0.6 is 11.6 Å². The second-order valence-electron chi connectivity index (χ2n) is 2.91. The van der Waals surface area contributed by atoms with E-state index in [1.54, 1.807) is 12.1 Å². The van der Waals surface area contributed by atoms with Crippen molar-refractivity contribution >= 4 is 11.6 Å². The van der Waals surface area contributed by atoms with E-state index in [1.807, 2.05) is 13.0 Å². The van der Waals surface area contributed by atoms with Gasteiger partial charge in [-0.2, -0.15) is 0 Å². The Kier molecular flexibility index (Phi) is 2.77. The fourth-order valence-electron chi connectivity index (χ4n) is 1.00. The Bertz CT molecular complexity index is 305. The Hall–Kier alpha value is -0.950. The molecule has 1 aromatic carbocycles. The highest BCUT2D eigenvalue weighted by atomic mass is 35.5. The standard InChI is InChI=1S/C10H11ClO/c1-7(2)5-8-3-4-9(12)6-10(8)11/h3-4,6,12H,1,5H2,2H3. The summed E-state index contributed by atoms with van der Waals surface area (Å²) in [4.78, 5) is 0. The van der Waals surface area contributed by atoms with E-state index in [-0.39, 0.29) is 5.75 Å². The van der Waals surface area contributed by atoms with Gasteiger partial charge in [-0.1, -0.05) is 29.8 Å². The van der Waals surface area contributed by atoms with Crippen LogP contribution in [0.2, 0.25) is 5.02 Å². The number of benzene rings is 1. The summed E-state index contributed by atoms with van der Waals surface area (Å²) in [7, 11) is 0. The third-order valence-electron chi connectivity index (χ3n) is 1.53. The van der Waals surface area contributed by atoms with Gasteiger partial charge in [0.25, 0.3) is 0 Å². The molecule has 0 fully saturated rings. The van der Waals surface area contributed by atoms with E-state index in [9.17, 15) is 0 Å². The van der Waals surface area contributed by atoms with Crippen molar-refractivity contribution in [3.63, 3.8) is 0 Å². The Morgan fingerprint density at radius 3 is 2.75 bits per heavy atom. The summed E-state index contributed by atoms with van der Waals surface area (Å²) in [5.41, 5.74) is 2.06. The molecule has 0 heterocycles. The van der Waals surface area contributed by atoms with Crippen LogP contribution in [-0.4, -0.2) is 5.11 Å². The topological polar surface area (TPSA) is 20.2 Å². The second-order valence-corrected chi connectivity index (χ2v) is 3.32. The third kappa shape index (κ3) is 2.28. The fraction of sp³-hybridized carbons (Fsp3) is 0.200. The molecular weight excluding hydrogens is 172 g/mol. The smallest absolute Gasteiger partial charge is 0.117 e. The molecule has 0 atom stereocenters. The van der Waals surface area contributed by atoms with Gasteiger partial charge in [0.2, 0.25) is 0 Å².